The molecule has 0 aliphatic rings. The largest absolute Gasteiger partial charge is 0.441 e. The van der Waals surface area contributed by atoms with E-state index in [1.165, 1.54) is 12.3 Å². The highest BCUT2D eigenvalue weighted by molar-refractivity contribution is 7.85. The van der Waals surface area contributed by atoms with Gasteiger partial charge in [0.05, 0.1) is 6.21 Å². The first-order chi connectivity index (χ1) is 7.80. The van der Waals surface area contributed by atoms with Crippen LogP contribution in [0.15, 0.2) is 26.7 Å². The van der Waals surface area contributed by atoms with Crippen LogP contribution >= 0.6 is 12.2 Å². The first-order valence-corrected chi connectivity index (χ1v) is 6.23. The maximum absolute atomic E-state index is 10.7. The van der Waals surface area contributed by atoms with E-state index in [0.717, 1.165) is 6.07 Å². The van der Waals surface area contributed by atoms with Gasteiger partial charge >= 0.3 is 10.1 Å². The van der Waals surface area contributed by atoms with Crippen molar-refractivity contribution < 1.29 is 17.4 Å². The average molecular weight is 277 g/mol. The first-order valence-electron chi connectivity index (χ1n) is 4.38. The van der Waals surface area contributed by atoms with Crippen LogP contribution < -0.4 is 5.43 Å². The minimum atomic E-state index is -4.32. The SMILES string of the molecule is CN(C)C(=S)N/N=C\c1ccc(S(=O)(=O)O)o1. The lowest BCUT2D eigenvalue weighted by molar-refractivity contribution is 0.404. The van der Waals surface area contributed by atoms with Crippen LogP contribution in [0.25, 0.3) is 0 Å². The molecule has 1 aromatic rings. The lowest BCUT2D eigenvalue weighted by Gasteiger charge is -2.11. The minimum absolute atomic E-state index is 0.173. The summed E-state index contributed by atoms with van der Waals surface area (Å²) in [5.41, 5.74) is 2.53. The quantitative estimate of drug-likeness (QED) is 0.355. The van der Waals surface area contributed by atoms with Crippen molar-refractivity contribution in [1.29, 1.82) is 0 Å². The maximum atomic E-state index is 10.7. The Morgan fingerprint density at radius 2 is 2.24 bits per heavy atom. The van der Waals surface area contributed by atoms with Crippen molar-refractivity contribution in [1.82, 2.24) is 10.3 Å². The lowest BCUT2D eigenvalue weighted by Crippen LogP contribution is -2.30. The van der Waals surface area contributed by atoms with Crippen molar-refractivity contribution in [3.8, 4) is 0 Å². The van der Waals surface area contributed by atoms with Crippen LogP contribution in [0.2, 0.25) is 0 Å². The van der Waals surface area contributed by atoms with E-state index < -0.39 is 15.2 Å². The molecule has 94 valence electrons. The second-order valence-electron chi connectivity index (χ2n) is 3.20. The van der Waals surface area contributed by atoms with E-state index in [4.69, 9.17) is 21.2 Å². The van der Waals surface area contributed by atoms with Gasteiger partial charge in [-0.25, -0.2) is 0 Å². The van der Waals surface area contributed by atoms with Gasteiger partial charge in [0.2, 0.25) is 5.09 Å². The maximum Gasteiger partial charge on any atom is 0.328 e. The van der Waals surface area contributed by atoms with E-state index in [-0.39, 0.29) is 5.76 Å². The topological polar surface area (TPSA) is 95.1 Å². The molecule has 0 fully saturated rings. The highest BCUT2D eigenvalue weighted by Gasteiger charge is 2.13. The van der Waals surface area contributed by atoms with Gasteiger partial charge in [-0.15, -0.1) is 0 Å². The van der Waals surface area contributed by atoms with Crippen LogP contribution in [0.1, 0.15) is 5.76 Å². The third-order valence-electron chi connectivity index (χ3n) is 1.61. The number of furan rings is 1. The Labute approximate surface area is 104 Å². The molecule has 17 heavy (non-hydrogen) atoms. The molecule has 0 saturated heterocycles. The molecule has 0 aliphatic carbocycles. The Bertz CT molecular complexity index is 533. The van der Waals surface area contributed by atoms with Crippen molar-refractivity contribution >= 4 is 33.7 Å². The molecule has 0 saturated carbocycles. The molecular formula is C8H11N3O4S2. The average Bonchev–Trinajstić information content (AvgIpc) is 2.65. The van der Waals surface area contributed by atoms with Gasteiger partial charge in [0.25, 0.3) is 0 Å². The standard InChI is InChI=1S/C8H11N3O4S2/c1-11(2)8(16)10-9-5-6-3-4-7(15-6)17(12,13)14/h3-5H,1-2H3,(H,10,16)(H,12,13,14)/b9-5-. The van der Waals surface area contributed by atoms with Gasteiger partial charge < -0.3 is 9.32 Å². The molecule has 0 bridgehead atoms. The predicted molar refractivity (Wildman–Crippen MR) is 65.5 cm³/mol. The van der Waals surface area contributed by atoms with E-state index in [1.54, 1.807) is 19.0 Å². The third kappa shape index (κ3) is 4.13. The number of hydrogen-bond donors (Lipinski definition) is 2. The molecule has 7 nitrogen and oxygen atoms in total. The molecule has 0 unspecified atom stereocenters. The predicted octanol–water partition coefficient (Wildman–Crippen LogP) is 0.296. The van der Waals surface area contributed by atoms with Crippen LogP contribution in [0.3, 0.4) is 0 Å². The summed E-state index contributed by atoms with van der Waals surface area (Å²) in [5.74, 6) is 0.173. The Kier molecular flexibility index (Phi) is 4.21. The zero-order chi connectivity index (χ0) is 13.1. The molecule has 9 heteroatoms. The highest BCUT2D eigenvalue weighted by atomic mass is 32.2. The second-order valence-corrected chi connectivity index (χ2v) is 4.94. The summed E-state index contributed by atoms with van der Waals surface area (Å²) in [6.07, 6.45) is 1.24. The summed E-state index contributed by atoms with van der Waals surface area (Å²) in [5, 5.41) is 3.59. The summed E-state index contributed by atoms with van der Waals surface area (Å²) in [6, 6.07) is 2.48. The third-order valence-corrected chi connectivity index (χ3v) is 2.80. The zero-order valence-corrected chi connectivity index (χ0v) is 10.7. The summed E-state index contributed by atoms with van der Waals surface area (Å²) in [4.78, 5) is 1.64. The smallest absolute Gasteiger partial charge is 0.328 e. The van der Waals surface area contributed by atoms with Crippen LogP contribution in [0.4, 0.5) is 0 Å². The molecule has 0 amide bonds. The molecule has 0 aromatic carbocycles. The van der Waals surface area contributed by atoms with Gasteiger partial charge in [0.15, 0.2) is 5.11 Å². The zero-order valence-electron chi connectivity index (χ0n) is 9.11. The number of nitrogens with zero attached hydrogens (tertiary/aromatic N) is 2. The van der Waals surface area contributed by atoms with Gasteiger partial charge in [0, 0.05) is 14.1 Å². The molecule has 0 spiro atoms. The van der Waals surface area contributed by atoms with E-state index in [1.807, 2.05) is 0 Å². The summed E-state index contributed by atoms with van der Waals surface area (Å²) < 4.78 is 34.9. The normalized spacial score (nSPS) is 11.7. The Balaban J connectivity index is 2.68. The van der Waals surface area contributed by atoms with Crippen molar-refractivity contribution in [2.75, 3.05) is 14.1 Å². The summed E-state index contributed by atoms with van der Waals surface area (Å²) >= 11 is 4.89. The minimum Gasteiger partial charge on any atom is -0.441 e. The number of hydrazone groups is 1. The van der Waals surface area contributed by atoms with Crippen LogP contribution in [0, 0.1) is 0 Å². The van der Waals surface area contributed by atoms with Crippen molar-refractivity contribution in [2.24, 2.45) is 5.10 Å². The first kappa shape index (κ1) is 13.6. The molecular weight excluding hydrogens is 266 g/mol. The van der Waals surface area contributed by atoms with Crippen molar-refractivity contribution in [2.45, 2.75) is 5.09 Å². The van der Waals surface area contributed by atoms with E-state index in [9.17, 15) is 8.42 Å². The Morgan fingerprint density at radius 1 is 1.59 bits per heavy atom. The molecule has 1 aromatic heterocycles. The Morgan fingerprint density at radius 3 is 2.71 bits per heavy atom. The van der Waals surface area contributed by atoms with Gasteiger partial charge in [0.1, 0.15) is 5.76 Å². The van der Waals surface area contributed by atoms with Gasteiger partial charge in [-0.3, -0.25) is 9.98 Å². The van der Waals surface area contributed by atoms with E-state index >= 15 is 0 Å². The fourth-order valence-corrected chi connectivity index (χ4v) is 1.29. The van der Waals surface area contributed by atoms with E-state index in [2.05, 4.69) is 10.5 Å². The van der Waals surface area contributed by atoms with Gasteiger partial charge in [-0.2, -0.15) is 13.5 Å². The molecule has 0 radical (unpaired) electrons. The molecule has 1 heterocycles. The molecule has 2 N–H and O–H groups in total. The number of rotatable bonds is 3. The van der Waals surface area contributed by atoms with Crippen molar-refractivity contribution in [3.63, 3.8) is 0 Å². The summed E-state index contributed by atoms with van der Waals surface area (Å²) in [7, 11) is -0.831. The monoisotopic (exact) mass is 277 g/mol. The van der Waals surface area contributed by atoms with E-state index in [0.29, 0.717) is 5.11 Å². The molecule has 0 aliphatic heterocycles. The van der Waals surface area contributed by atoms with Gasteiger partial charge in [-0.05, 0) is 24.4 Å². The lowest BCUT2D eigenvalue weighted by atomic mass is 10.5. The van der Waals surface area contributed by atoms with Crippen LogP contribution in [0.5, 0.6) is 0 Å². The molecule has 1 rings (SSSR count). The number of thiocarbonyl (C=S) groups is 1. The number of nitrogens with one attached hydrogen (secondary N) is 1. The molecule has 0 atom stereocenters. The highest BCUT2D eigenvalue weighted by Crippen LogP contribution is 2.11. The van der Waals surface area contributed by atoms with Crippen LogP contribution in [-0.2, 0) is 10.1 Å². The van der Waals surface area contributed by atoms with Crippen molar-refractivity contribution in [3.05, 3.63) is 17.9 Å². The van der Waals surface area contributed by atoms with Gasteiger partial charge in [-0.1, -0.05) is 0 Å². The summed E-state index contributed by atoms with van der Waals surface area (Å²) in [6.45, 7) is 0. The Hall–Kier alpha value is -1.45. The second kappa shape index (κ2) is 5.25. The number of hydrogen-bond acceptors (Lipinski definition) is 5. The van der Waals surface area contributed by atoms with Crippen LogP contribution in [-0.4, -0.2) is 43.3 Å². The fourth-order valence-electron chi connectivity index (χ4n) is 0.794. The fraction of sp³-hybridized carbons (Fsp3) is 0.250.